The Labute approximate surface area is 123 Å². The summed E-state index contributed by atoms with van der Waals surface area (Å²) in [6.07, 6.45) is 4.50. The Kier molecular flexibility index (Phi) is 4.85. The van der Waals surface area contributed by atoms with E-state index in [-0.39, 0.29) is 17.2 Å². The monoisotopic (exact) mass is 273 g/mol. The maximum absolute atomic E-state index is 12.5. The third-order valence-electron chi connectivity index (χ3n) is 4.73. The second-order valence-electron chi connectivity index (χ2n) is 6.86. The maximum Gasteiger partial charge on any atom is 0.223 e. The second kappa shape index (κ2) is 6.43. The predicted molar refractivity (Wildman–Crippen MR) is 83.4 cm³/mol. The molecule has 2 atom stereocenters. The molecule has 1 saturated carbocycles. The zero-order chi connectivity index (χ0) is 14.6. The van der Waals surface area contributed by atoms with E-state index in [0.717, 1.165) is 19.4 Å². The summed E-state index contributed by atoms with van der Waals surface area (Å²) in [7, 11) is 0. The number of hydrogen-bond donors (Lipinski definition) is 1. The molecule has 1 fully saturated rings. The molecule has 0 aliphatic heterocycles. The largest absolute Gasteiger partial charge is 0.356 e. The van der Waals surface area contributed by atoms with Crippen molar-refractivity contribution in [1.29, 1.82) is 0 Å². The van der Waals surface area contributed by atoms with Gasteiger partial charge >= 0.3 is 0 Å². The highest BCUT2D eigenvalue weighted by Crippen LogP contribution is 2.43. The molecule has 0 bridgehead atoms. The molecule has 1 aromatic carbocycles. The lowest BCUT2D eigenvalue weighted by atomic mass is 9.64. The molecule has 0 aromatic heterocycles. The molecule has 0 unspecified atom stereocenters. The molecule has 0 radical (unpaired) electrons. The van der Waals surface area contributed by atoms with Gasteiger partial charge in [0.15, 0.2) is 0 Å². The number of amides is 1. The first-order chi connectivity index (χ1) is 9.50. The van der Waals surface area contributed by atoms with Crippen LogP contribution in [0.15, 0.2) is 30.3 Å². The summed E-state index contributed by atoms with van der Waals surface area (Å²) in [5.74, 6) is 0.903. The number of carbonyl (C=O) groups is 1. The summed E-state index contributed by atoms with van der Waals surface area (Å²) in [6.45, 7) is 7.44. The molecule has 0 saturated heterocycles. The molecular weight excluding hydrogens is 246 g/mol. The molecule has 0 heterocycles. The van der Waals surface area contributed by atoms with Crippen LogP contribution in [0.25, 0.3) is 0 Å². The van der Waals surface area contributed by atoms with E-state index in [0.29, 0.717) is 5.92 Å². The summed E-state index contributed by atoms with van der Waals surface area (Å²) in [4.78, 5) is 12.5. The van der Waals surface area contributed by atoms with Crippen molar-refractivity contribution in [3.63, 3.8) is 0 Å². The molecule has 1 aromatic rings. The Morgan fingerprint density at radius 3 is 2.65 bits per heavy atom. The Hall–Kier alpha value is -1.31. The summed E-state index contributed by atoms with van der Waals surface area (Å²) in [5, 5.41) is 3.15. The maximum atomic E-state index is 12.5. The van der Waals surface area contributed by atoms with Gasteiger partial charge in [0.1, 0.15) is 0 Å². The topological polar surface area (TPSA) is 29.1 Å². The van der Waals surface area contributed by atoms with Gasteiger partial charge in [-0.05, 0) is 36.2 Å². The Morgan fingerprint density at radius 2 is 2.00 bits per heavy atom. The predicted octanol–water partition coefficient (Wildman–Crippen LogP) is 3.81. The van der Waals surface area contributed by atoms with E-state index in [1.165, 1.54) is 18.4 Å². The van der Waals surface area contributed by atoms with E-state index in [9.17, 15) is 4.79 Å². The molecular formula is C18H27NO. The summed E-state index contributed by atoms with van der Waals surface area (Å²) >= 11 is 0. The van der Waals surface area contributed by atoms with Crippen LogP contribution < -0.4 is 5.32 Å². The van der Waals surface area contributed by atoms with Crippen molar-refractivity contribution in [3.05, 3.63) is 35.9 Å². The van der Waals surface area contributed by atoms with Crippen molar-refractivity contribution < 1.29 is 4.79 Å². The minimum absolute atomic E-state index is 0.133. The smallest absolute Gasteiger partial charge is 0.223 e. The van der Waals surface area contributed by atoms with Crippen molar-refractivity contribution in [2.24, 2.45) is 17.3 Å². The van der Waals surface area contributed by atoms with Crippen molar-refractivity contribution in [2.75, 3.05) is 6.54 Å². The average molecular weight is 273 g/mol. The molecule has 1 aliphatic rings. The van der Waals surface area contributed by atoms with Crippen LogP contribution >= 0.6 is 0 Å². The van der Waals surface area contributed by atoms with Crippen LogP contribution in [0.3, 0.4) is 0 Å². The molecule has 110 valence electrons. The highest BCUT2D eigenvalue weighted by molar-refractivity contribution is 5.79. The molecule has 1 amide bonds. The van der Waals surface area contributed by atoms with Crippen LogP contribution in [0.1, 0.15) is 45.6 Å². The zero-order valence-corrected chi connectivity index (χ0v) is 13.0. The van der Waals surface area contributed by atoms with E-state index in [1.54, 1.807) is 0 Å². The van der Waals surface area contributed by atoms with Gasteiger partial charge in [0, 0.05) is 12.5 Å². The third-order valence-corrected chi connectivity index (χ3v) is 4.73. The molecule has 2 nitrogen and oxygen atoms in total. The summed E-state index contributed by atoms with van der Waals surface area (Å²) in [6, 6.07) is 10.3. The lowest BCUT2D eigenvalue weighted by Crippen LogP contribution is -2.45. The molecule has 1 N–H and O–H groups in total. The first kappa shape index (κ1) is 15.1. The fraction of sp³-hybridized carbons (Fsp3) is 0.611. The van der Waals surface area contributed by atoms with E-state index < -0.39 is 0 Å². The SMILES string of the molecule is C[C@H]1CCCC(C)(C)[C@@H]1C(=O)NCCc1ccccc1. The van der Waals surface area contributed by atoms with Crippen molar-refractivity contribution in [1.82, 2.24) is 5.32 Å². The summed E-state index contributed by atoms with van der Waals surface area (Å²) in [5.41, 5.74) is 1.41. The van der Waals surface area contributed by atoms with Gasteiger partial charge in [-0.15, -0.1) is 0 Å². The van der Waals surface area contributed by atoms with E-state index >= 15 is 0 Å². The molecule has 0 spiro atoms. The van der Waals surface area contributed by atoms with Crippen molar-refractivity contribution in [3.8, 4) is 0 Å². The van der Waals surface area contributed by atoms with E-state index in [2.05, 4.69) is 38.2 Å². The van der Waals surface area contributed by atoms with Gasteiger partial charge in [-0.25, -0.2) is 0 Å². The van der Waals surface area contributed by atoms with E-state index in [4.69, 9.17) is 0 Å². The van der Waals surface area contributed by atoms with Gasteiger partial charge in [-0.1, -0.05) is 57.5 Å². The fourth-order valence-electron chi connectivity index (χ4n) is 3.67. The molecule has 2 heteroatoms. The van der Waals surface area contributed by atoms with Crippen molar-refractivity contribution in [2.45, 2.75) is 46.5 Å². The van der Waals surface area contributed by atoms with Crippen LogP contribution in [0.4, 0.5) is 0 Å². The van der Waals surface area contributed by atoms with Crippen LogP contribution in [0.2, 0.25) is 0 Å². The Morgan fingerprint density at radius 1 is 1.30 bits per heavy atom. The van der Waals surface area contributed by atoms with Gasteiger partial charge in [0.2, 0.25) is 5.91 Å². The van der Waals surface area contributed by atoms with Gasteiger partial charge in [0.25, 0.3) is 0 Å². The van der Waals surface area contributed by atoms with Crippen LogP contribution in [0, 0.1) is 17.3 Å². The van der Waals surface area contributed by atoms with Gasteiger partial charge in [0.05, 0.1) is 0 Å². The first-order valence-corrected chi connectivity index (χ1v) is 7.82. The summed E-state index contributed by atoms with van der Waals surface area (Å²) < 4.78 is 0. The molecule has 20 heavy (non-hydrogen) atoms. The third kappa shape index (κ3) is 3.62. The quantitative estimate of drug-likeness (QED) is 0.888. The minimum Gasteiger partial charge on any atom is -0.356 e. The number of rotatable bonds is 4. The average Bonchev–Trinajstić information content (AvgIpc) is 2.38. The van der Waals surface area contributed by atoms with Crippen LogP contribution in [-0.4, -0.2) is 12.5 Å². The highest BCUT2D eigenvalue weighted by atomic mass is 16.1. The van der Waals surface area contributed by atoms with Gasteiger partial charge in [-0.3, -0.25) is 4.79 Å². The lowest BCUT2D eigenvalue weighted by Gasteiger charge is -2.41. The number of hydrogen-bond acceptors (Lipinski definition) is 1. The number of carbonyl (C=O) groups excluding carboxylic acids is 1. The van der Waals surface area contributed by atoms with Crippen LogP contribution in [0.5, 0.6) is 0 Å². The Bertz CT molecular complexity index is 438. The number of benzene rings is 1. The van der Waals surface area contributed by atoms with Crippen molar-refractivity contribution >= 4 is 5.91 Å². The molecule has 1 aliphatic carbocycles. The zero-order valence-electron chi connectivity index (χ0n) is 13.0. The normalized spacial score (nSPS) is 25.1. The Balaban J connectivity index is 1.87. The highest BCUT2D eigenvalue weighted by Gasteiger charge is 2.41. The minimum atomic E-state index is 0.133. The van der Waals surface area contributed by atoms with Crippen LogP contribution in [-0.2, 0) is 11.2 Å². The lowest BCUT2D eigenvalue weighted by molar-refractivity contribution is -0.132. The fourth-order valence-corrected chi connectivity index (χ4v) is 3.67. The van der Waals surface area contributed by atoms with Gasteiger partial charge in [-0.2, -0.15) is 0 Å². The standard InChI is InChI=1S/C18H27NO/c1-14-8-7-12-18(2,3)16(14)17(20)19-13-11-15-9-5-4-6-10-15/h4-6,9-10,14,16H,7-8,11-13H2,1-3H3,(H,19,20)/t14-,16-/m0/s1. The van der Waals surface area contributed by atoms with E-state index in [1.807, 2.05) is 18.2 Å². The first-order valence-electron chi connectivity index (χ1n) is 7.82. The second-order valence-corrected chi connectivity index (χ2v) is 6.86. The molecule has 2 rings (SSSR count). The van der Waals surface area contributed by atoms with Gasteiger partial charge < -0.3 is 5.32 Å². The number of nitrogens with one attached hydrogen (secondary N) is 1.